The lowest BCUT2D eigenvalue weighted by molar-refractivity contribution is 0.281. The van der Waals surface area contributed by atoms with E-state index in [0.29, 0.717) is 5.56 Å². The van der Waals surface area contributed by atoms with Crippen LogP contribution in [0.25, 0.3) is 0 Å². The third kappa shape index (κ3) is 2.78. The van der Waals surface area contributed by atoms with E-state index in [9.17, 15) is 8.78 Å². The zero-order valence-corrected chi connectivity index (χ0v) is 9.92. The van der Waals surface area contributed by atoms with Crippen molar-refractivity contribution in [1.82, 2.24) is 0 Å². The van der Waals surface area contributed by atoms with Crippen molar-refractivity contribution in [2.45, 2.75) is 6.61 Å². The van der Waals surface area contributed by atoms with E-state index >= 15 is 0 Å². The Morgan fingerprint density at radius 2 is 1.78 bits per heavy atom. The lowest BCUT2D eigenvalue weighted by atomic mass is 10.2. The van der Waals surface area contributed by atoms with E-state index in [2.05, 4.69) is 0 Å². The second kappa shape index (κ2) is 5.33. The fourth-order valence-corrected chi connectivity index (χ4v) is 1.61. The predicted octanol–water partition coefficient (Wildman–Crippen LogP) is 3.90. The van der Waals surface area contributed by atoms with Gasteiger partial charge in [0.2, 0.25) is 0 Å². The molecule has 0 aliphatic rings. The van der Waals surface area contributed by atoms with Crippen LogP contribution in [0.15, 0.2) is 36.4 Å². The Hall–Kier alpha value is -1.65. The molecule has 5 heteroatoms. The van der Waals surface area contributed by atoms with Crippen molar-refractivity contribution in [2.24, 2.45) is 0 Å². The highest BCUT2D eigenvalue weighted by Crippen LogP contribution is 2.31. The molecule has 0 aromatic heterocycles. The molecule has 0 aliphatic heterocycles. The topological polar surface area (TPSA) is 29.5 Å². The first kappa shape index (κ1) is 12.8. The Labute approximate surface area is 107 Å². The first-order valence-corrected chi connectivity index (χ1v) is 5.50. The molecule has 18 heavy (non-hydrogen) atoms. The highest BCUT2D eigenvalue weighted by molar-refractivity contribution is 6.32. The summed E-state index contributed by atoms with van der Waals surface area (Å²) in [6.45, 7) is -0.255. The van der Waals surface area contributed by atoms with Gasteiger partial charge in [0, 0.05) is 0 Å². The van der Waals surface area contributed by atoms with E-state index in [4.69, 9.17) is 21.4 Å². The fourth-order valence-electron chi connectivity index (χ4n) is 1.40. The van der Waals surface area contributed by atoms with Gasteiger partial charge in [0.05, 0.1) is 11.6 Å². The number of rotatable bonds is 3. The first-order chi connectivity index (χ1) is 8.60. The largest absolute Gasteiger partial charge is 0.453 e. The van der Waals surface area contributed by atoms with Crippen LogP contribution in [0, 0.1) is 11.6 Å². The number of halogens is 3. The average Bonchev–Trinajstić information content (AvgIpc) is 2.34. The summed E-state index contributed by atoms with van der Waals surface area (Å²) in [5.74, 6) is -1.00. The quantitative estimate of drug-likeness (QED) is 0.916. The Balaban J connectivity index is 2.28. The van der Waals surface area contributed by atoms with Gasteiger partial charge in [-0.05, 0) is 35.9 Å². The van der Waals surface area contributed by atoms with Crippen LogP contribution in [0.1, 0.15) is 5.56 Å². The van der Waals surface area contributed by atoms with Gasteiger partial charge in [-0.15, -0.1) is 0 Å². The van der Waals surface area contributed by atoms with E-state index in [1.807, 2.05) is 0 Å². The second-order valence-corrected chi connectivity index (χ2v) is 4.01. The van der Waals surface area contributed by atoms with Crippen LogP contribution in [-0.2, 0) is 6.61 Å². The molecule has 0 saturated heterocycles. The molecule has 2 aromatic carbocycles. The molecule has 0 aliphatic carbocycles. The van der Waals surface area contributed by atoms with Crippen LogP contribution >= 0.6 is 11.6 Å². The van der Waals surface area contributed by atoms with Gasteiger partial charge in [-0.3, -0.25) is 0 Å². The van der Waals surface area contributed by atoms with Crippen LogP contribution in [0.5, 0.6) is 11.5 Å². The zero-order chi connectivity index (χ0) is 13.1. The van der Waals surface area contributed by atoms with Crippen molar-refractivity contribution in [2.75, 3.05) is 0 Å². The Bertz CT molecular complexity index is 573. The van der Waals surface area contributed by atoms with Crippen LogP contribution in [-0.4, -0.2) is 5.11 Å². The van der Waals surface area contributed by atoms with Crippen LogP contribution in [0.3, 0.4) is 0 Å². The van der Waals surface area contributed by atoms with E-state index in [-0.39, 0.29) is 23.1 Å². The fraction of sp³-hybridized carbons (Fsp3) is 0.0769. The van der Waals surface area contributed by atoms with Gasteiger partial charge in [-0.25, -0.2) is 8.78 Å². The summed E-state index contributed by atoms with van der Waals surface area (Å²) < 4.78 is 31.6. The van der Waals surface area contributed by atoms with Crippen LogP contribution in [0.4, 0.5) is 8.78 Å². The van der Waals surface area contributed by atoms with Crippen molar-refractivity contribution >= 4 is 11.6 Å². The molecular formula is C13H9ClF2O2. The summed E-state index contributed by atoms with van der Waals surface area (Å²) in [6.07, 6.45) is 0. The second-order valence-electron chi connectivity index (χ2n) is 3.60. The summed E-state index contributed by atoms with van der Waals surface area (Å²) in [6, 6.07) is 7.62. The molecule has 0 radical (unpaired) electrons. The molecule has 2 rings (SSSR count). The van der Waals surface area contributed by atoms with Crippen molar-refractivity contribution in [3.63, 3.8) is 0 Å². The minimum atomic E-state index is -0.623. The highest BCUT2D eigenvalue weighted by atomic mass is 35.5. The summed E-state index contributed by atoms with van der Waals surface area (Å²) in [5.41, 5.74) is 0.435. The maximum absolute atomic E-state index is 13.6. The molecule has 0 amide bonds. The molecule has 0 saturated carbocycles. The van der Waals surface area contributed by atoms with E-state index in [1.165, 1.54) is 24.3 Å². The number of aliphatic hydroxyl groups is 1. The van der Waals surface area contributed by atoms with Crippen molar-refractivity contribution in [3.05, 3.63) is 58.6 Å². The molecular weight excluding hydrogens is 262 g/mol. The smallest absolute Gasteiger partial charge is 0.166 e. The molecule has 0 fully saturated rings. The number of hydrogen-bond donors (Lipinski definition) is 1. The van der Waals surface area contributed by atoms with Gasteiger partial charge >= 0.3 is 0 Å². The van der Waals surface area contributed by atoms with Crippen LogP contribution in [0.2, 0.25) is 5.02 Å². The third-order valence-electron chi connectivity index (χ3n) is 2.29. The van der Waals surface area contributed by atoms with Gasteiger partial charge in [0.1, 0.15) is 11.6 Å². The number of ether oxygens (including phenoxy) is 1. The number of benzene rings is 2. The monoisotopic (exact) mass is 270 g/mol. The highest BCUT2D eigenvalue weighted by Gasteiger charge is 2.09. The first-order valence-electron chi connectivity index (χ1n) is 5.12. The Morgan fingerprint density at radius 3 is 2.39 bits per heavy atom. The molecule has 0 unspecified atom stereocenters. The standard InChI is InChI=1S/C13H9ClF2O2/c14-10-6-9(15)2-4-12(10)18-13-3-1-8(7-17)5-11(13)16/h1-6,17H,7H2. The van der Waals surface area contributed by atoms with E-state index in [1.54, 1.807) is 0 Å². The zero-order valence-electron chi connectivity index (χ0n) is 9.16. The molecule has 2 aromatic rings. The summed E-state index contributed by atoms with van der Waals surface area (Å²) in [5, 5.41) is 8.90. The normalized spacial score (nSPS) is 10.4. The van der Waals surface area contributed by atoms with Crippen molar-refractivity contribution in [3.8, 4) is 11.5 Å². The number of aliphatic hydroxyl groups excluding tert-OH is 1. The average molecular weight is 271 g/mol. The van der Waals surface area contributed by atoms with Gasteiger partial charge in [-0.1, -0.05) is 17.7 Å². The van der Waals surface area contributed by atoms with Crippen molar-refractivity contribution < 1.29 is 18.6 Å². The minimum Gasteiger partial charge on any atom is -0.453 e. The third-order valence-corrected chi connectivity index (χ3v) is 2.59. The van der Waals surface area contributed by atoms with Gasteiger partial charge in [0.25, 0.3) is 0 Å². The maximum atomic E-state index is 13.6. The SMILES string of the molecule is OCc1ccc(Oc2ccc(F)cc2Cl)c(F)c1. The molecule has 0 spiro atoms. The van der Waals surface area contributed by atoms with E-state index in [0.717, 1.165) is 12.1 Å². The lowest BCUT2D eigenvalue weighted by Gasteiger charge is -2.09. The van der Waals surface area contributed by atoms with Gasteiger partial charge in [0.15, 0.2) is 11.6 Å². The Morgan fingerprint density at radius 1 is 1.06 bits per heavy atom. The molecule has 0 atom stereocenters. The van der Waals surface area contributed by atoms with Crippen LogP contribution < -0.4 is 4.74 Å². The predicted molar refractivity (Wildman–Crippen MR) is 63.8 cm³/mol. The molecule has 94 valence electrons. The number of hydrogen-bond acceptors (Lipinski definition) is 2. The summed E-state index contributed by atoms with van der Waals surface area (Å²) >= 11 is 5.76. The summed E-state index contributed by atoms with van der Waals surface area (Å²) in [4.78, 5) is 0. The summed E-state index contributed by atoms with van der Waals surface area (Å²) in [7, 11) is 0. The van der Waals surface area contributed by atoms with Gasteiger partial charge < -0.3 is 9.84 Å². The molecule has 1 N–H and O–H groups in total. The maximum Gasteiger partial charge on any atom is 0.166 e. The van der Waals surface area contributed by atoms with Crippen molar-refractivity contribution in [1.29, 1.82) is 0 Å². The molecule has 2 nitrogen and oxygen atoms in total. The minimum absolute atomic E-state index is 0.0410. The van der Waals surface area contributed by atoms with Gasteiger partial charge in [-0.2, -0.15) is 0 Å². The van der Waals surface area contributed by atoms with E-state index < -0.39 is 11.6 Å². The Kier molecular flexibility index (Phi) is 3.79. The molecule has 0 heterocycles. The molecule has 0 bridgehead atoms. The lowest BCUT2D eigenvalue weighted by Crippen LogP contribution is -1.92.